The zero-order chi connectivity index (χ0) is 16.4. The molecule has 0 bridgehead atoms. The Morgan fingerprint density at radius 2 is 1.70 bits per heavy atom. The van der Waals surface area contributed by atoms with Gasteiger partial charge in [0, 0.05) is 37.3 Å². The lowest BCUT2D eigenvalue weighted by Crippen LogP contribution is -2.34. The molecule has 3 aromatic rings. The Balaban J connectivity index is 1.91. The van der Waals surface area contributed by atoms with Crippen molar-refractivity contribution in [2.24, 2.45) is 12.0 Å². The lowest BCUT2D eigenvalue weighted by molar-refractivity contribution is -0.645. The Morgan fingerprint density at radius 3 is 2.39 bits per heavy atom. The fourth-order valence-corrected chi connectivity index (χ4v) is 2.65. The molecule has 0 unspecified atom stereocenters. The molecule has 0 spiro atoms. The number of anilines is 1. The summed E-state index contributed by atoms with van der Waals surface area (Å²) >= 11 is 0. The molecular weight excluding hydrogens is 282 g/mol. The second-order valence-electron chi connectivity index (χ2n) is 6.05. The molecule has 0 saturated heterocycles. The van der Waals surface area contributed by atoms with E-state index in [4.69, 9.17) is 0 Å². The molecule has 3 rings (SSSR count). The summed E-state index contributed by atoms with van der Waals surface area (Å²) in [4.78, 5) is 6.68. The quantitative estimate of drug-likeness (QED) is 0.532. The van der Waals surface area contributed by atoms with Crippen LogP contribution >= 0.6 is 0 Å². The lowest BCUT2D eigenvalue weighted by Gasteiger charge is -2.11. The standard InChI is InChI=1S/C20H22N3/c1-15-5-12-20-16(13-15)6-9-19(23(20)4)14-21-17-7-10-18(11-8-17)22(2)3/h5-14H,1-4H3/q+1. The molecule has 0 aliphatic heterocycles. The van der Waals surface area contributed by atoms with Gasteiger partial charge in [-0.2, -0.15) is 4.57 Å². The minimum absolute atomic E-state index is 0.958. The third-order valence-electron chi connectivity index (χ3n) is 4.08. The molecule has 0 saturated carbocycles. The highest BCUT2D eigenvalue weighted by molar-refractivity contribution is 5.83. The Labute approximate surface area is 137 Å². The van der Waals surface area contributed by atoms with E-state index in [0.717, 1.165) is 11.4 Å². The van der Waals surface area contributed by atoms with Gasteiger partial charge in [0.1, 0.15) is 7.05 Å². The molecule has 0 atom stereocenters. The highest BCUT2D eigenvalue weighted by Gasteiger charge is 2.09. The summed E-state index contributed by atoms with van der Waals surface area (Å²) in [5, 5.41) is 1.25. The summed E-state index contributed by atoms with van der Waals surface area (Å²) in [6.45, 7) is 2.12. The van der Waals surface area contributed by atoms with Crippen molar-refractivity contribution in [2.75, 3.05) is 19.0 Å². The number of hydrogen-bond donors (Lipinski definition) is 0. The molecule has 3 nitrogen and oxygen atoms in total. The molecule has 0 aliphatic rings. The number of hydrogen-bond acceptors (Lipinski definition) is 2. The van der Waals surface area contributed by atoms with Crippen LogP contribution in [0, 0.1) is 6.92 Å². The minimum atomic E-state index is 0.958. The van der Waals surface area contributed by atoms with Crippen molar-refractivity contribution in [3.8, 4) is 0 Å². The first kappa shape index (κ1) is 15.2. The molecule has 0 aliphatic carbocycles. The Hall–Kier alpha value is -2.68. The second-order valence-corrected chi connectivity index (χ2v) is 6.05. The zero-order valence-corrected chi connectivity index (χ0v) is 14.1. The highest BCUT2D eigenvalue weighted by atomic mass is 15.1. The zero-order valence-electron chi connectivity index (χ0n) is 14.1. The van der Waals surface area contributed by atoms with Crippen molar-refractivity contribution < 1.29 is 4.57 Å². The van der Waals surface area contributed by atoms with Crippen LogP contribution in [0.2, 0.25) is 0 Å². The Morgan fingerprint density at radius 1 is 0.957 bits per heavy atom. The van der Waals surface area contributed by atoms with Crippen LogP contribution in [-0.2, 0) is 7.05 Å². The first-order chi connectivity index (χ1) is 11.0. The third kappa shape index (κ3) is 3.24. The normalized spacial score (nSPS) is 11.3. The second kappa shape index (κ2) is 6.21. The predicted octanol–water partition coefficient (Wildman–Crippen LogP) is 3.79. The van der Waals surface area contributed by atoms with E-state index < -0.39 is 0 Å². The van der Waals surface area contributed by atoms with Crippen LogP contribution in [-0.4, -0.2) is 20.3 Å². The SMILES string of the molecule is Cc1ccc2c(ccc(C=Nc3ccc(N(C)C)cc3)[n+]2C)c1. The van der Waals surface area contributed by atoms with Crippen molar-refractivity contribution in [1.82, 2.24) is 0 Å². The van der Waals surface area contributed by atoms with Gasteiger partial charge in [0.2, 0.25) is 11.2 Å². The van der Waals surface area contributed by atoms with Gasteiger partial charge in [-0.05, 0) is 43.3 Å². The van der Waals surface area contributed by atoms with Gasteiger partial charge in [-0.1, -0.05) is 11.6 Å². The topological polar surface area (TPSA) is 19.5 Å². The smallest absolute Gasteiger partial charge is 0.223 e. The lowest BCUT2D eigenvalue weighted by atomic mass is 10.1. The monoisotopic (exact) mass is 304 g/mol. The molecule has 0 radical (unpaired) electrons. The molecule has 1 aromatic heterocycles. The van der Waals surface area contributed by atoms with Gasteiger partial charge in [-0.15, -0.1) is 0 Å². The van der Waals surface area contributed by atoms with E-state index in [9.17, 15) is 0 Å². The van der Waals surface area contributed by atoms with E-state index in [0.29, 0.717) is 0 Å². The average Bonchev–Trinajstić information content (AvgIpc) is 2.54. The number of benzene rings is 2. The van der Waals surface area contributed by atoms with Gasteiger partial charge >= 0.3 is 0 Å². The molecule has 3 heteroatoms. The van der Waals surface area contributed by atoms with Crippen LogP contribution < -0.4 is 9.47 Å². The van der Waals surface area contributed by atoms with Gasteiger partial charge in [-0.3, -0.25) is 0 Å². The van der Waals surface area contributed by atoms with E-state index in [1.807, 2.05) is 32.4 Å². The summed E-state index contributed by atoms with van der Waals surface area (Å²) < 4.78 is 2.17. The van der Waals surface area contributed by atoms with Crippen molar-refractivity contribution >= 4 is 28.5 Å². The molecule has 2 aromatic carbocycles. The van der Waals surface area contributed by atoms with Gasteiger partial charge in [0.05, 0.1) is 11.9 Å². The number of rotatable bonds is 3. The number of aliphatic imine (C=N–C) groups is 1. The number of aryl methyl sites for hydroxylation is 2. The molecule has 1 heterocycles. The maximum atomic E-state index is 4.60. The molecule has 0 N–H and O–H groups in total. The number of aromatic nitrogens is 1. The largest absolute Gasteiger partial charge is 0.378 e. The van der Waals surface area contributed by atoms with Crippen molar-refractivity contribution in [3.05, 3.63) is 65.9 Å². The minimum Gasteiger partial charge on any atom is -0.378 e. The first-order valence-corrected chi connectivity index (χ1v) is 7.75. The summed E-state index contributed by atoms with van der Waals surface area (Å²) in [5.74, 6) is 0. The van der Waals surface area contributed by atoms with E-state index in [2.05, 4.69) is 70.9 Å². The highest BCUT2D eigenvalue weighted by Crippen LogP contribution is 2.18. The molecule has 116 valence electrons. The van der Waals surface area contributed by atoms with Gasteiger partial charge < -0.3 is 4.90 Å². The van der Waals surface area contributed by atoms with E-state index in [-0.39, 0.29) is 0 Å². The molecule has 0 amide bonds. The van der Waals surface area contributed by atoms with Crippen LogP contribution in [0.5, 0.6) is 0 Å². The van der Waals surface area contributed by atoms with Gasteiger partial charge in [-0.25, -0.2) is 4.99 Å². The predicted molar refractivity (Wildman–Crippen MR) is 97.9 cm³/mol. The summed E-state index contributed by atoms with van der Waals surface area (Å²) in [6, 6.07) is 19.0. The van der Waals surface area contributed by atoms with Crippen LogP contribution in [0.15, 0.2) is 59.6 Å². The number of fused-ring (bicyclic) bond motifs is 1. The number of nitrogens with zero attached hydrogens (tertiary/aromatic N) is 3. The third-order valence-corrected chi connectivity index (χ3v) is 4.08. The summed E-state index contributed by atoms with van der Waals surface area (Å²) in [6.07, 6.45) is 1.92. The summed E-state index contributed by atoms with van der Waals surface area (Å²) in [5.41, 5.74) is 5.70. The molecular formula is C20H22N3+. The van der Waals surface area contributed by atoms with E-state index in [1.165, 1.54) is 22.2 Å². The van der Waals surface area contributed by atoms with E-state index in [1.54, 1.807) is 0 Å². The van der Waals surface area contributed by atoms with Crippen LogP contribution in [0.25, 0.3) is 10.9 Å². The van der Waals surface area contributed by atoms with Crippen LogP contribution in [0.1, 0.15) is 11.3 Å². The van der Waals surface area contributed by atoms with E-state index >= 15 is 0 Å². The van der Waals surface area contributed by atoms with Crippen LogP contribution in [0.3, 0.4) is 0 Å². The Bertz CT molecular complexity index is 862. The summed E-state index contributed by atoms with van der Waals surface area (Å²) in [7, 11) is 6.15. The van der Waals surface area contributed by atoms with Crippen LogP contribution in [0.4, 0.5) is 11.4 Å². The van der Waals surface area contributed by atoms with Crippen molar-refractivity contribution in [1.29, 1.82) is 0 Å². The Kier molecular flexibility index (Phi) is 4.11. The molecule has 23 heavy (non-hydrogen) atoms. The fraction of sp³-hybridized carbons (Fsp3) is 0.200. The molecule has 0 fully saturated rings. The maximum Gasteiger partial charge on any atom is 0.223 e. The van der Waals surface area contributed by atoms with Gasteiger partial charge in [0.25, 0.3) is 0 Å². The number of pyridine rings is 1. The fourth-order valence-electron chi connectivity index (χ4n) is 2.65. The van der Waals surface area contributed by atoms with Crippen molar-refractivity contribution in [3.63, 3.8) is 0 Å². The average molecular weight is 304 g/mol. The first-order valence-electron chi connectivity index (χ1n) is 7.75. The van der Waals surface area contributed by atoms with Crippen molar-refractivity contribution in [2.45, 2.75) is 6.92 Å². The van der Waals surface area contributed by atoms with Gasteiger partial charge in [0.15, 0.2) is 0 Å². The maximum absolute atomic E-state index is 4.60.